The predicted octanol–water partition coefficient (Wildman–Crippen LogP) is 5.58. The van der Waals surface area contributed by atoms with Gasteiger partial charge >= 0.3 is 12.2 Å². The van der Waals surface area contributed by atoms with Gasteiger partial charge in [0.2, 0.25) is 17.7 Å². The molecule has 4 heterocycles. The molecule has 20 heteroatoms. The number of amides is 6. The summed E-state index contributed by atoms with van der Waals surface area (Å²) in [6.07, 6.45) is -2.76. The number of ether oxygens (including phenoxy) is 2. The summed E-state index contributed by atoms with van der Waals surface area (Å²) < 4.78 is 57.8. The van der Waals surface area contributed by atoms with Gasteiger partial charge in [0.15, 0.2) is 11.9 Å². The van der Waals surface area contributed by atoms with Crippen molar-refractivity contribution in [2.45, 2.75) is 135 Å². The average Bonchev–Trinajstić information content (AvgIpc) is 3.49. The summed E-state index contributed by atoms with van der Waals surface area (Å²) >= 11 is 0. The molecule has 0 radical (unpaired) electrons. The molecule has 2 aliphatic heterocycles. The number of aromatic nitrogens is 3. The van der Waals surface area contributed by atoms with E-state index in [9.17, 15) is 37.5 Å². The van der Waals surface area contributed by atoms with Crippen molar-refractivity contribution in [3.63, 3.8) is 0 Å². The number of nitrogens with one attached hydrogen (secondary N) is 4. The zero-order valence-corrected chi connectivity index (χ0v) is 40.0. The third-order valence-electron chi connectivity index (χ3n) is 13.4. The number of piperidine rings is 1. The van der Waals surface area contributed by atoms with E-state index in [4.69, 9.17) is 14.5 Å². The number of rotatable bonds is 15. The third kappa shape index (κ3) is 10.4. The SMILES string of the molecule is CCC(NC(=O)C(C)OC(=O)NC)C(=O)N1C[C@@H](F)C[C@H]1Cc1c(-c2nc3cc(F)ccc3n2C[C@@H]2[C@H]3C[C@H]3CN2C(=O)C(CC)NC(=O)C(C)N(C)C(=O)OC(C)(C)C)[nH]c2cc(F)ccc12. The Kier molecular flexibility index (Phi) is 14.4. The highest BCUT2D eigenvalue weighted by molar-refractivity contribution is 5.94. The minimum atomic E-state index is -1.39. The van der Waals surface area contributed by atoms with Crippen molar-refractivity contribution in [2.24, 2.45) is 11.8 Å². The van der Waals surface area contributed by atoms with Gasteiger partial charge in [0.05, 0.1) is 29.3 Å². The molecular weight excluding hydrogens is 888 g/mol. The minimum Gasteiger partial charge on any atom is -0.444 e. The number of carbonyl (C=O) groups excluding carboxylic acids is 6. The summed E-state index contributed by atoms with van der Waals surface area (Å²) in [5.74, 6) is -2.39. The van der Waals surface area contributed by atoms with Crippen LogP contribution in [0.5, 0.6) is 0 Å². The lowest BCUT2D eigenvalue weighted by atomic mass is 9.99. The van der Waals surface area contributed by atoms with Crippen LogP contribution >= 0.6 is 0 Å². The fraction of sp³-hybridized carbons (Fsp3) is 0.562. The Morgan fingerprint density at radius 1 is 0.912 bits per heavy atom. The molecule has 6 amide bonds. The van der Waals surface area contributed by atoms with E-state index in [0.717, 1.165) is 6.42 Å². The van der Waals surface area contributed by atoms with E-state index in [-0.39, 0.29) is 62.6 Å². The number of benzene rings is 2. The number of H-pyrrole nitrogens is 1. The zero-order chi connectivity index (χ0) is 49.5. The van der Waals surface area contributed by atoms with Gasteiger partial charge in [-0.05, 0) is 108 Å². The lowest BCUT2D eigenvalue weighted by Gasteiger charge is -2.33. The molecular formula is C48H62F3N9O8. The van der Waals surface area contributed by atoms with Crippen LogP contribution in [-0.2, 0) is 41.6 Å². The summed E-state index contributed by atoms with van der Waals surface area (Å²) in [6, 6.07) is 4.46. The molecule has 7 rings (SSSR count). The Morgan fingerprint density at radius 2 is 1.56 bits per heavy atom. The number of alkyl halides is 1. The van der Waals surface area contributed by atoms with Gasteiger partial charge in [-0.2, -0.15) is 0 Å². The second kappa shape index (κ2) is 19.7. The number of alkyl carbamates (subject to hydrolysis) is 1. The zero-order valence-electron chi connectivity index (χ0n) is 40.0. The number of carbonyl (C=O) groups is 6. The van der Waals surface area contributed by atoms with Gasteiger partial charge in [0.25, 0.3) is 5.91 Å². The van der Waals surface area contributed by atoms with Crippen molar-refractivity contribution in [1.82, 2.24) is 45.2 Å². The van der Waals surface area contributed by atoms with Crippen LogP contribution in [0.15, 0.2) is 36.4 Å². The second-order valence-electron chi connectivity index (χ2n) is 19.3. The molecule has 0 spiro atoms. The average molecular weight is 950 g/mol. The molecule has 4 N–H and O–H groups in total. The lowest BCUT2D eigenvalue weighted by Crippen LogP contribution is -2.55. The van der Waals surface area contributed by atoms with E-state index in [0.29, 0.717) is 45.6 Å². The summed E-state index contributed by atoms with van der Waals surface area (Å²) in [5.41, 5.74) is 1.54. The summed E-state index contributed by atoms with van der Waals surface area (Å²) in [6.45, 7) is 12.0. The first-order valence-corrected chi connectivity index (χ1v) is 23.3. The molecule has 17 nitrogen and oxygen atoms in total. The van der Waals surface area contributed by atoms with Gasteiger partial charge in [-0.15, -0.1) is 0 Å². The van der Waals surface area contributed by atoms with E-state index in [1.807, 2.05) is 4.57 Å². The van der Waals surface area contributed by atoms with Crippen LogP contribution in [0.1, 0.15) is 79.7 Å². The van der Waals surface area contributed by atoms with Gasteiger partial charge in [0.1, 0.15) is 41.5 Å². The largest absolute Gasteiger partial charge is 0.444 e. The highest BCUT2D eigenvalue weighted by atomic mass is 19.1. The van der Waals surface area contributed by atoms with Gasteiger partial charge < -0.3 is 44.8 Å². The maximum Gasteiger partial charge on any atom is 0.410 e. The van der Waals surface area contributed by atoms with E-state index in [1.165, 1.54) is 55.1 Å². The smallest absolute Gasteiger partial charge is 0.410 e. The normalized spacial score (nSPS) is 21.7. The maximum absolute atomic E-state index is 15.5. The minimum absolute atomic E-state index is 0.0331. The van der Waals surface area contributed by atoms with E-state index < -0.39 is 83.6 Å². The maximum atomic E-state index is 15.5. The Hall–Kier alpha value is -6.34. The molecule has 4 unspecified atom stereocenters. The number of fused-ring (bicyclic) bond motifs is 3. The van der Waals surface area contributed by atoms with E-state index >= 15 is 4.39 Å². The quantitative estimate of drug-likeness (QED) is 0.118. The number of aromatic amines is 1. The molecule has 3 aliphatic rings. The van der Waals surface area contributed by atoms with Crippen LogP contribution in [0, 0.1) is 23.5 Å². The number of hydrogen-bond acceptors (Lipinski definition) is 9. The standard InChI is InChI=1S/C48H62F3N9O8/c1-10-34(56-43(62)25(4)67-46(65)52-8)44(63)58-22-29(51)17-30(58)20-33-31-14-12-27(49)18-36(31)53-40(33)41-54-37-19-28(50)13-15-38(37)59(41)23-39-32-16-26(32)21-60(39)45(64)35(11-2)55-42(61)24(3)57(9)47(66)68-48(5,6)7/h12-15,18-19,24-26,29-30,32,34-35,39,53H,10-11,16-17,20-23H2,1-9H3,(H,52,65)(H,55,61)(H,56,62)/t24?,25?,26-,29-,30-,32-,34?,35?,39+/m0/s1. The Labute approximate surface area is 392 Å². The first kappa shape index (κ1) is 49.6. The van der Waals surface area contributed by atoms with Crippen LogP contribution in [0.25, 0.3) is 33.5 Å². The monoisotopic (exact) mass is 949 g/mol. The topological polar surface area (TPSA) is 200 Å². The highest BCUT2D eigenvalue weighted by Gasteiger charge is 2.55. The second-order valence-corrected chi connectivity index (χ2v) is 19.3. The summed E-state index contributed by atoms with van der Waals surface area (Å²) in [7, 11) is 2.80. The van der Waals surface area contributed by atoms with Crippen molar-refractivity contribution in [3.05, 3.63) is 53.6 Å². The van der Waals surface area contributed by atoms with Gasteiger partial charge in [0, 0.05) is 56.6 Å². The molecule has 3 fully saturated rings. The molecule has 68 heavy (non-hydrogen) atoms. The van der Waals surface area contributed by atoms with E-state index in [1.54, 1.807) is 58.6 Å². The molecule has 1 aliphatic carbocycles. The van der Waals surface area contributed by atoms with Gasteiger partial charge in [-0.3, -0.25) is 24.1 Å². The fourth-order valence-corrected chi connectivity index (χ4v) is 9.51. The number of likely N-dealkylation sites (N-methyl/N-ethyl adjacent to an activating group) is 1. The summed E-state index contributed by atoms with van der Waals surface area (Å²) in [5, 5.41) is 8.37. The van der Waals surface area contributed by atoms with E-state index in [2.05, 4.69) is 20.9 Å². The highest BCUT2D eigenvalue weighted by Crippen LogP contribution is 2.51. The van der Waals surface area contributed by atoms with Crippen LogP contribution in [0.4, 0.5) is 22.8 Å². The first-order chi connectivity index (χ1) is 32.1. The molecule has 9 atom stereocenters. The number of hydrogen-bond donors (Lipinski definition) is 4. The summed E-state index contributed by atoms with van der Waals surface area (Å²) in [4.78, 5) is 92.4. The van der Waals surface area contributed by atoms with Crippen molar-refractivity contribution in [3.8, 4) is 11.5 Å². The van der Waals surface area contributed by atoms with Crippen molar-refractivity contribution in [1.29, 1.82) is 0 Å². The van der Waals surface area contributed by atoms with Crippen LogP contribution in [0.3, 0.4) is 0 Å². The number of halogens is 3. The van der Waals surface area contributed by atoms with Crippen LogP contribution in [-0.4, -0.2) is 140 Å². The van der Waals surface area contributed by atoms with Crippen molar-refractivity contribution >= 4 is 57.8 Å². The molecule has 0 bridgehead atoms. The predicted molar refractivity (Wildman–Crippen MR) is 246 cm³/mol. The van der Waals surface area contributed by atoms with Crippen LogP contribution in [0.2, 0.25) is 0 Å². The number of imidazole rings is 1. The molecule has 1 saturated carbocycles. The molecule has 368 valence electrons. The lowest BCUT2D eigenvalue weighted by molar-refractivity contribution is -0.139. The number of nitrogens with zero attached hydrogens (tertiary/aromatic N) is 5. The third-order valence-corrected chi connectivity index (χ3v) is 13.4. The van der Waals surface area contributed by atoms with Crippen molar-refractivity contribution < 1.29 is 51.4 Å². The van der Waals surface area contributed by atoms with Crippen LogP contribution < -0.4 is 16.0 Å². The molecule has 4 aromatic rings. The number of likely N-dealkylation sites (tertiary alicyclic amines) is 2. The fourth-order valence-electron chi connectivity index (χ4n) is 9.51. The Balaban J connectivity index is 1.20. The molecule has 2 saturated heterocycles. The van der Waals surface area contributed by atoms with Gasteiger partial charge in [-0.25, -0.2) is 27.7 Å². The van der Waals surface area contributed by atoms with Crippen molar-refractivity contribution in [2.75, 3.05) is 27.2 Å². The Morgan fingerprint density at radius 3 is 2.22 bits per heavy atom. The molecule has 2 aromatic carbocycles. The Bertz CT molecular complexity index is 2590. The first-order valence-electron chi connectivity index (χ1n) is 23.3. The van der Waals surface area contributed by atoms with Gasteiger partial charge in [-0.1, -0.05) is 13.8 Å². The molecule has 2 aromatic heterocycles.